The Bertz CT molecular complexity index is 178. The molecule has 78 valence electrons. The predicted octanol–water partition coefficient (Wildman–Crippen LogP) is -2.86. The number of rotatable bonds is 2. The molecule has 6 N–H and O–H groups in total. The fourth-order valence-electron chi connectivity index (χ4n) is 1.38. The van der Waals surface area contributed by atoms with Gasteiger partial charge in [-0.2, -0.15) is 0 Å². The second-order valence-electron chi connectivity index (χ2n) is 3.23. The Morgan fingerprint density at radius 1 is 1.46 bits per heavy atom. The first-order valence-electron chi connectivity index (χ1n) is 4.10. The molecule has 1 aliphatic rings. The Morgan fingerprint density at radius 3 is 2.54 bits per heavy atom. The first kappa shape index (κ1) is 10.8. The Kier molecular flexibility index (Phi) is 3.23. The summed E-state index contributed by atoms with van der Waals surface area (Å²) in [4.78, 5) is 0. The van der Waals surface area contributed by atoms with E-state index in [1.54, 1.807) is 0 Å². The lowest BCUT2D eigenvalue weighted by atomic mass is 9.95. The van der Waals surface area contributed by atoms with Gasteiger partial charge in [0, 0.05) is 13.0 Å². The largest absolute Gasteiger partial charge is 0.391 e. The fraction of sp³-hybridized carbons (Fsp3) is 1.00. The van der Waals surface area contributed by atoms with Crippen LogP contribution in [0.25, 0.3) is 0 Å². The molecule has 1 fully saturated rings. The molecule has 13 heavy (non-hydrogen) atoms. The molecule has 4 atom stereocenters. The molecule has 0 aromatic carbocycles. The van der Waals surface area contributed by atoms with E-state index >= 15 is 0 Å². The summed E-state index contributed by atoms with van der Waals surface area (Å²) in [6, 6.07) is 0. The molecule has 0 amide bonds. The summed E-state index contributed by atoms with van der Waals surface area (Å²) in [6.45, 7) is -0.659. The van der Waals surface area contributed by atoms with Crippen LogP contribution in [-0.4, -0.2) is 57.7 Å². The molecule has 0 aromatic heterocycles. The summed E-state index contributed by atoms with van der Waals surface area (Å²) in [6.07, 6.45) is -3.02. The predicted molar refractivity (Wildman–Crippen MR) is 42.6 cm³/mol. The molecule has 1 aliphatic heterocycles. The van der Waals surface area contributed by atoms with Crippen molar-refractivity contribution < 1.29 is 25.2 Å². The normalized spacial score (nSPS) is 46.4. The van der Waals surface area contributed by atoms with Crippen LogP contribution in [0.5, 0.6) is 0 Å². The Labute approximate surface area is 75.6 Å². The van der Waals surface area contributed by atoms with Gasteiger partial charge in [0.2, 0.25) is 5.79 Å². The van der Waals surface area contributed by atoms with E-state index in [2.05, 4.69) is 0 Å². The summed E-state index contributed by atoms with van der Waals surface area (Å²) in [5.41, 5.74) is 5.28. The van der Waals surface area contributed by atoms with Crippen LogP contribution in [-0.2, 0) is 4.74 Å². The molecule has 0 aliphatic carbocycles. The van der Waals surface area contributed by atoms with Crippen molar-refractivity contribution >= 4 is 0 Å². The first-order valence-corrected chi connectivity index (χ1v) is 4.10. The van der Waals surface area contributed by atoms with Gasteiger partial charge in [-0.15, -0.1) is 0 Å². The molecule has 0 bridgehead atoms. The highest BCUT2D eigenvalue weighted by Gasteiger charge is 2.47. The molecule has 6 heteroatoms. The molecular formula is C7H15NO5. The van der Waals surface area contributed by atoms with Crippen molar-refractivity contribution in [1.82, 2.24) is 0 Å². The van der Waals surface area contributed by atoms with E-state index < -0.39 is 30.7 Å². The summed E-state index contributed by atoms with van der Waals surface area (Å²) in [5, 5.41) is 36.8. The maximum atomic E-state index is 9.48. The molecule has 0 saturated carbocycles. The number of ether oxygens (including phenoxy) is 1. The summed E-state index contributed by atoms with van der Waals surface area (Å²) in [7, 11) is 0. The topological polar surface area (TPSA) is 116 Å². The third kappa shape index (κ3) is 1.98. The van der Waals surface area contributed by atoms with E-state index in [1.807, 2.05) is 0 Å². The average molecular weight is 193 g/mol. The minimum absolute atomic E-state index is 0.117. The Morgan fingerprint density at radius 2 is 2.08 bits per heavy atom. The van der Waals surface area contributed by atoms with E-state index in [0.717, 1.165) is 0 Å². The smallest absolute Gasteiger partial charge is 0.218 e. The summed E-state index contributed by atoms with van der Waals surface area (Å²) >= 11 is 0. The molecule has 1 saturated heterocycles. The first-order chi connectivity index (χ1) is 6.03. The van der Waals surface area contributed by atoms with E-state index in [9.17, 15) is 15.3 Å². The molecule has 0 radical (unpaired) electrons. The molecule has 0 unspecified atom stereocenters. The maximum absolute atomic E-state index is 9.48. The Balaban J connectivity index is 2.71. The van der Waals surface area contributed by atoms with Gasteiger partial charge >= 0.3 is 0 Å². The minimum atomic E-state index is -2.10. The van der Waals surface area contributed by atoms with Gasteiger partial charge in [-0.25, -0.2) is 0 Å². The standard InChI is InChI=1S/C7H15NO5/c8-2-4-1-5(10)6(11)7(12,3-9)13-4/h4-6,9-12H,1-3,8H2/t4-,5-,6+,7+/m1/s1. The van der Waals surface area contributed by atoms with Crippen LogP contribution >= 0.6 is 0 Å². The third-order valence-corrected chi connectivity index (χ3v) is 2.19. The van der Waals surface area contributed by atoms with Gasteiger partial charge in [0.1, 0.15) is 6.10 Å². The van der Waals surface area contributed by atoms with Crippen LogP contribution in [0.4, 0.5) is 0 Å². The van der Waals surface area contributed by atoms with E-state index in [4.69, 9.17) is 15.6 Å². The van der Waals surface area contributed by atoms with Crippen LogP contribution < -0.4 is 5.73 Å². The van der Waals surface area contributed by atoms with Crippen molar-refractivity contribution in [1.29, 1.82) is 0 Å². The third-order valence-electron chi connectivity index (χ3n) is 2.19. The molecule has 0 spiro atoms. The van der Waals surface area contributed by atoms with Gasteiger partial charge in [-0.05, 0) is 0 Å². The van der Waals surface area contributed by atoms with Crippen LogP contribution in [0.1, 0.15) is 6.42 Å². The summed E-state index contributed by atoms with van der Waals surface area (Å²) < 4.78 is 4.93. The second-order valence-corrected chi connectivity index (χ2v) is 3.23. The second kappa shape index (κ2) is 3.87. The zero-order valence-electron chi connectivity index (χ0n) is 7.13. The molecule has 1 rings (SSSR count). The highest BCUT2D eigenvalue weighted by molar-refractivity contribution is 4.90. The molecule has 1 heterocycles. The van der Waals surface area contributed by atoms with Gasteiger partial charge in [0.25, 0.3) is 0 Å². The zero-order valence-corrected chi connectivity index (χ0v) is 7.13. The zero-order chi connectivity index (χ0) is 10.1. The molecule has 6 nitrogen and oxygen atoms in total. The fourth-order valence-corrected chi connectivity index (χ4v) is 1.38. The lowest BCUT2D eigenvalue weighted by Crippen LogP contribution is -2.61. The van der Waals surface area contributed by atoms with Gasteiger partial charge in [-0.1, -0.05) is 0 Å². The van der Waals surface area contributed by atoms with E-state index in [1.165, 1.54) is 0 Å². The van der Waals surface area contributed by atoms with Crippen LogP contribution in [0.15, 0.2) is 0 Å². The van der Waals surface area contributed by atoms with Crippen molar-refractivity contribution in [2.75, 3.05) is 13.2 Å². The van der Waals surface area contributed by atoms with Crippen LogP contribution in [0.3, 0.4) is 0 Å². The van der Waals surface area contributed by atoms with Crippen molar-refractivity contribution in [3.63, 3.8) is 0 Å². The number of nitrogens with two attached hydrogens (primary N) is 1. The Hall–Kier alpha value is -0.240. The maximum Gasteiger partial charge on any atom is 0.218 e. The van der Waals surface area contributed by atoms with Crippen molar-refractivity contribution in [3.05, 3.63) is 0 Å². The van der Waals surface area contributed by atoms with Gasteiger partial charge in [-0.3, -0.25) is 0 Å². The van der Waals surface area contributed by atoms with Gasteiger partial charge in [0.05, 0.1) is 18.8 Å². The van der Waals surface area contributed by atoms with E-state index in [-0.39, 0.29) is 13.0 Å². The number of hydrogen-bond acceptors (Lipinski definition) is 6. The van der Waals surface area contributed by atoms with Crippen molar-refractivity contribution in [2.45, 2.75) is 30.5 Å². The highest BCUT2D eigenvalue weighted by atomic mass is 16.7. The minimum Gasteiger partial charge on any atom is -0.391 e. The van der Waals surface area contributed by atoms with Crippen molar-refractivity contribution in [2.24, 2.45) is 5.73 Å². The monoisotopic (exact) mass is 193 g/mol. The van der Waals surface area contributed by atoms with Gasteiger partial charge in [0.15, 0.2) is 0 Å². The lowest BCUT2D eigenvalue weighted by Gasteiger charge is -2.41. The molecule has 0 aromatic rings. The molecular weight excluding hydrogens is 178 g/mol. The SMILES string of the molecule is NC[C@H]1C[C@@H](O)[C@H](O)[C@](O)(CO)O1. The summed E-state index contributed by atoms with van der Waals surface area (Å²) in [5.74, 6) is -2.10. The number of aliphatic hydroxyl groups excluding tert-OH is 3. The number of aliphatic hydroxyl groups is 4. The quantitative estimate of drug-likeness (QED) is 0.322. The van der Waals surface area contributed by atoms with Crippen LogP contribution in [0.2, 0.25) is 0 Å². The highest BCUT2D eigenvalue weighted by Crippen LogP contribution is 2.26. The van der Waals surface area contributed by atoms with Gasteiger partial charge < -0.3 is 30.9 Å². The van der Waals surface area contributed by atoms with Crippen LogP contribution in [0, 0.1) is 0 Å². The average Bonchev–Trinajstić information content (AvgIpc) is 2.13. The lowest BCUT2D eigenvalue weighted by molar-refractivity contribution is -0.330. The van der Waals surface area contributed by atoms with E-state index in [0.29, 0.717) is 0 Å². The van der Waals surface area contributed by atoms with Crippen molar-refractivity contribution in [3.8, 4) is 0 Å². The number of hydrogen-bond donors (Lipinski definition) is 5.